The van der Waals surface area contributed by atoms with E-state index in [2.05, 4.69) is 10.2 Å². The first-order chi connectivity index (χ1) is 18.9. The van der Waals surface area contributed by atoms with Gasteiger partial charge in [-0.15, -0.1) is 0 Å². The topological polar surface area (TPSA) is 141 Å². The molecule has 39 heavy (non-hydrogen) atoms. The lowest BCUT2D eigenvalue weighted by Crippen LogP contribution is -2.57. The fourth-order valence-corrected chi connectivity index (χ4v) is 5.41. The number of aliphatic hydroxyl groups excluding tert-OH is 3. The fraction of sp³-hybridized carbons (Fsp3) is 0.571. The summed E-state index contributed by atoms with van der Waals surface area (Å²) in [6, 6.07) is 2.56. The third-order valence-corrected chi connectivity index (χ3v) is 7.39. The summed E-state index contributed by atoms with van der Waals surface area (Å²) < 4.78 is 17.2. The maximum absolute atomic E-state index is 13.4. The number of amides is 2. The van der Waals surface area contributed by atoms with Gasteiger partial charge >= 0.3 is 0 Å². The highest BCUT2D eigenvalue weighted by Crippen LogP contribution is 2.51. The number of methoxy groups -OCH3 is 1. The highest BCUT2D eigenvalue weighted by Gasteiger charge is 2.51. The number of hydrogen-bond donors (Lipinski definition) is 4. The molecule has 1 fully saturated rings. The van der Waals surface area contributed by atoms with E-state index in [1.165, 1.54) is 13.2 Å². The van der Waals surface area contributed by atoms with Gasteiger partial charge in [0.25, 0.3) is 0 Å². The summed E-state index contributed by atoms with van der Waals surface area (Å²) in [7, 11) is 1.48. The molecular formula is C28H39N3O8. The van der Waals surface area contributed by atoms with Crippen LogP contribution < -0.4 is 14.8 Å². The number of benzene rings is 1. The van der Waals surface area contributed by atoms with E-state index in [-0.39, 0.29) is 25.7 Å². The lowest BCUT2D eigenvalue weighted by Gasteiger charge is -2.41. The van der Waals surface area contributed by atoms with Crippen LogP contribution in [0.5, 0.6) is 11.5 Å². The molecule has 3 aliphatic rings. The van der Waals surface area contributed by atoms with Crippen LogP contribution in [0.2, 0.25) is 0 Å². The van der Waals surface area contributed by atoms with Crippen molar-refractivity contribution in [2.24, 2.45) is 0 Å². The number of ether oxygens (including phenoxy) is 3. The third-order valence-electron chi connectivity index (χ3n) is 7.39. The van der Waals surface area contributed by atoms with Gasteiger partial charge in [-0.25, -0.2) is 0 Å². The number of rotatable bonds is 11. The quantitative estimate of drug-likeness (QED) is 0.282. The molecule has 214 valence electrons. The summed E-state index contributed by atoms with van der Waals surface area (Å²) in [6.07, 6.45) is 3.56. The van der Waals surface area contributed by atoms with E-state index in [4.69, 9.17) is 14.2 Å². The monoisotopic (exact) mass is 545 g/mol. The smallest absolute Gasteiger partial charge is 0.247 e. The normalized spacial score (nSPS) is 24.5. The first kappa shape index (κ1) is 29.0. The van der Waals surface area contributed by atoms with Crippen molar-refractivity contribution in [2.75, 3.05) is 59.7 Å². The second-order valence-corrected chi connectivity index (χ2v) is 9.81. The van der Waals surface area contributed by atoms with Gasteiger partial charge in [0.2, 0.25) is 11.8 Å². The summed E-state index contributed by atoms with van der Waals surface area (Å²) in [5, 5.41) is 33.5. The molecule has 1 aromatic rings. The van der Waals surface area contributed by atoms with Crippen LogP contribution in [0, 0.1) is 0 Å². The Balaban J connectivity index is 1.74. The first-order valence-electron chi connectivity index (χ1n) is 13.5. The standard InChI is InChI=1S/C28H39N3O8/c1-3-4-5-23(34)31(8-7-30-9-12-38-13-10-30)21-16-20(28(36)29-6-11-32)24-19-14-18(17-33)15-22(37-2)26(19)39-27(24)25(21)35/h4-5,14-16,21,24-25,27,32-33,35H,3,6-13,17H2,1-2H3,(H,29,36). The molecule has 11 heteroatoms. The lowest BCUT2D eigenvalue weighted by molar-refractivity contribution is -0.132. The van der Waals surface area contributed by atoms with Crippen LogP contribution in [0.4, 0.5) is 0 Å². The largest absolute Gasteiger partial charge is 0.493 e. The minimum absolute atomic E-state index is 0.0490. The second kappa shape index (κ2) is 13.4. The number of carbonyl (C=O) groups is 2. The van der Waals surface area contributed by atoms with Crippen molar-refractivity contribution in [3.63, 3.8) is 0 Å². The lowest BCUT2D eigenvalue weighted by atomic mass is 9.77. The van der Waals surface area contributed by atoms with E-state index in [1.54, 1.807) is 29.2 Å². The van der Waals surface area contributed by atoms with E-state index in [0.717, 1.165) is 13.1 Å². The third kappa shape index (κ3) is 6.28. The molecule has 4 N–H and O–H groups in total. The molecule has 0 bridgehead atoms. The van der Waals surface area contributed by atoms with Gasteiger partial charge in [0, 0.05) is 43.9 Å². The van der Waals surface area contributed by atoms with Crippen molar-refractivity contribution in [3.05, 3.63) is 47.1 Å². The predicted molar refractivity (Wildman–Crippen MR) is 142 cm³/mol. The number of morpholine rings is 1. The second-order valence-electron chi connectivity index (χ2n) is 9.81. The zero-order valence-corrected chi connectivity index (χ0v) is 22.5. The summed E-state index contributed by atoms with van der Waals surface area (Å²) in [5.41, 5.74) is 1.51. The van der Waals surface area contributed by atoms with E-state index in [9.17, 15) is 24.9 Å². The Morgan fingerprint density at radius 3 is 2.69 bits per heavy atom. The fourth-order valence-electron chi connectivity index (χ4n) is 5.41. The maximum Gasteiger partial charge on any atom is 0.247 e. The Bertz CT molecular complexity index is 1080. The molecule has 2 amide bonds. The van der Waals surface area contributed by atoms with Crippen molar-refractivity contribution in [2.45, 2.75) is 44.1 Å². The van der Waals surface area contributed by atoms with Crippen LogP contribution in [-0.2, 0) is 20.9 Å². The van der Waals surface area contributed by atoms with Crippen molar-refractivity contribution < 1.29 is 39.1 Å². The van der Waals surface area contributed by atoms with Crippen LogP contribution in [0.15, 0.2) is 35.9 Å². The zero-order valence-electron chi connectivity index (χ0n) is 22.5. The molecule has 11 nitrogen and oxygen atoms in total. The molecular weight excluding hydrogens is 506 g/mol. The summed E-state index contributed by atoms with van der Waals surface area (Å²) in [6.45, 7) is 5.17. The summed E-state index contributed by atoms with van der Waals surface area (Å²) >= 11 is 0. The Labute approximate surface area is 228 Å². The van der Waals surface area contributed by atoms with Crippen LogP contribution in [0.25, 0.3) is 0 Å². The number of aliphatic hydroxyl groups is 3. The number of nitrogens with zero attached hydrogens (tertiary/aromatic N) is 2. The van der Waals surface area contributed by atoms with Crippen molar-refractivity contribution in [3.8, 4) is 11.5 Å². The van der Waals surface area contributed by atoms with Crippen LogP contribution in [0.1, 0.15) is 30.4 Å². The molecule has 0 aromatic heterocycles. The Morgan fingerprint density at radius 2 is 2.03 bits per heavy atom. The van der Waals surface area contributed by atoms with E-state index in [1.807, 2.05) is 6.92 Å². The molecule has 0 radical (unpaired) electrons. The molecule has 2 heterocycles. The number of fused-ring (bicyclic) bond motifs is 3. The summed E-state index contributed by atoms with van der Waals surface area (Å²) in [5.74, 6) is -0.578. The molecule has 2 aliphatic heterocycles. The molecule has 4 rings (SSSR count). The van der Waals surface area contributed by atoms with Gasteiger partial charge < -0.3 is 39.7 Å². The predicted octanol–water partition coefficient (Wildman–Crippen LogP) is -0.0629. The van der Waals surface area contributed by atoms with Crippen LogP contribution >= 0.6 is 0 Å². The highest BCUT2D eigenvalue weighted by molar-refractivity contribution is 5.96. The van der Waals surface area contributed by atoms with Crippen molar-refractivity contribution in [1.29, 1.82) is 0 Å². The average molecular weight is 546 g/mol. The number of nitrogens with one attached hydrogen (secondary N) is 1. The van der Waals surface area contributed by atoms with Crippen LogP contribution in [-0.4, -0.2) is 115 Å². The molecule has 1 saturated heterocycles. The van der Waals surface area contributed by atoms with Gasteiger partial charge in [-0.05, 0) is 36.3 Å². The molecule has 1 aromatic carbocycles. The molecule has 1 aliphatic carbocycles. The van der Waals surface area contributed by atoms with Crippen molar-refractivity contribution >= 4 is 11.8 Å². The van der Waals surface area contributed by atoms with E-state index in [0.29, 0.717) is 60.9 Å². The SMILES string of the molecule is CCC=CC(=O)N(CCN1CCOCC1)C1C=C(C(=O)NCCO)C2c3cc(CO)cc(OC)c3OC2C1O. The van der Waals surface area contributed by atoms with Crippen molar-refractivity contribution in [1.82, 2.24) is 15.1 Å². The minimum Gasteiger partial charge on any atom is -0.493 e. The zero-order chi connectivity index (χ0) is 27.9. The number of hydrogen-bond acceptors (Lipinski definition) is 9. The van der Waals surface area contributed by atoms with Crippen LogP contribution in [0.3, 0.4) is 0 Å². The van der Waals surface area contributed by atoms with Gasteiger partial charge in [0.1, 0.15) is 12.2 Å². The van der Waals surface area contributed by atoms with E-state index >= 15 is 0 Å². The van der Waals surface area contributed by atoms with E-state index < -0.39 is 30.1 Å². The first-order valence-corrected chi connectivity index (χ1v) is 13.5. The Hall–Kier alpha value is -2.96. The van der Waals surface area contributed by atoms with Gasteiger partial charge in [-0.2, -0.15) is 0 Å². The van der Waals surface area contributed by atoms with Gasteiger partial charge in [-0.1, -0.05) is 13.0 Å². The number of carbonyl (C=O) groups excluding carboxylic acids is 2. The Morgan fingerprint density at radius 1 is 1.26 bits per heavy atom. The number of allylic oxidation sites excluding steroid dienone is 1. The van der Waals surface area contributed by atoms with Gasteiger partial charge in [0.15, 0.2) is 11.5 Å². The molecule has 0 spiro atoms. The highest BCUT2D eigenvalue weighted by atomic mass is 16.5. The molecule has 4 unspecified atom stereocenters. The molecule has 4 atom stereocenters. The maximum atomic E-state index is 13.4. The summed E-state index contributed by atoms with van der Waals surface area (Å²) in [4.78, 5) is 30.6. The Kier molecular flexibility index (Phi) is 9.98. The average Bonchev–Trinajstić information content (AvgIpc) is 3.35. The van der Waals surface area contributed by atoms with Gasteiger partial charge in [-0.3, -0.25) is 14.5 Å². The van der Waals surface area contributed by atoms with Gasteiger partial charge in [0.05, 0.1) is 45.5 Å². The molecule has 0 saturated carbocycles. The minimum atomic E-state index is -1.15.